The Kier molecular flexibility index (Phi) is 4.41. The Labute approximate surface area is 144 Å². The minimum atomic E-state index is -1.17. The van der Waals surface area contributed by atoms with Gasteiger partial charge in [0.1, 0.15) is 0 Å². The van der Waals surface area contributed by atoms with Gasteiger partial charge in [0.2, 0.25) is 0 Å². The van der Waals surface area contributed by atoms with Crippen LogP contribution in [-0.2, 0) is 14.4 Å². The smallest absolute Gasteiger partial charge is 0.340 e. The molecule has 0 radical (unpaired) electrons. The Morgan fingerprint density at radius 1 is 1.28 bits per heavy atom. The fourth-order valence-electron chi connectivity index (χ4n) is 3.01. The van der Waals surface area contributed by atoms with Crippen molar-refractivity contribution in [3.8, 4) is 0 Å². The number of carbonyl (C=O) groups excluding carboxylic acids is 1. The van der Waals surface area contributed by atoms with Crippen LogP contribution in [0.2, 0.25) is 0 Å². The molecular formula is C18H18N2O5. The number of para-hydroxylation sites is 1. The molecule has 1 saturated heterocycles. The summed E-state index contributed by atoms with van der Waals surface area (Å²) >= 11 is 0. The summed E-state index contributed by atoms with van der Waals surface area (Å²) in [6.07, 6.45) is 0.315. The van der Waals surface area contributed by atoms with E-state index in [0.29, 0.717) is 12.0 Å². The van der Waals surface area contributed by atoms with Crippen molar-refractivity contribution in [1.82, 2.24) is 0 Å². The fourth-order valence-corrected chi connectivity index (χ4v) is 3.01. The molecule has 2 atom stereocenters. The van der Waals surface area contributed by atoms with E-state index in [-0.39, 0.29) is 11.7 Å². The highest BCUT2D eigenvalue weighted by Gasteiger charge is 2.49. The molecule has 3 rings (SSSR count). The molecule has 1 aliphatic heterocycles. The number of non-ortho nitro benzene ring substituents is 1. The van der Waals surface area contributed by atoms with E-state index in [4.69, 9.17) is 9.57 Å². The number of carbonyl (C=O) groups is 1. The predicted octanol–water partition coefficient (Wildman–Crippen LogP) is 3.41. The second-order valence-electron chi connectivity index (χ2n) is 6.05. The van der Waals surface area contributed by atoms with E-state index in [9.17, 15) is 14.9 Å². The van der Waals surface area contributed by atoms with Gasteiger partial charge in [-0.05, 0) is 24.6 Å². The normalized spacial score (nSPS) is 22.6. The summed E-state index contributed by atoms with van der Waals surface area (Å²) < 4.78 is 4.87. The van der Waals surface area contributed by atoms with Crippen LogP contribution in [0.1, 0.15) is 24.9 Å². The quantitative estimate of drug-likeness (QED) is 0.481. The van der Waals surface area contributed by atoms with Crippen LogP contribution >= 0.6 is 0 Å². The number of rotatable bonds is 4. The Morgan fingerprint density at radius 3 is 2.64 bits per heavy atom. The average Bonchev–Trinajstić information content (AvgIpc) is 3.01. The third kappa shape index (κ3) is 3.18. The topological polar surface area (TPSA) is 81.9 Å². The predicted molar refractivity (Wildman–Crippen MR) is 90.9 cm³/mol. The summed E-state index contributed by atoms with van der Waals surface area (Å²) in [6.45, 7) is 1.66. The number of methoxy groups -OCH3 is 1. The minimum absolute atomic E-state index is 0.00261. The molecule has 0 saturated carbocycles. The van der Waals surface area contributed by atoms with Crippen LogP contribution in [0.4, 0.5) is 11.4 Å². The van der Waals surface area contributed by atoms with E-state index in [0.717, 1.165) is 5.69 Å². The van der Waals surface area contributed by atoms with Crippen LogP contribution in [0.15, 0.2) is 54.6 Å². The lowest BCUT2D eigenvalue weighted by Crippen LogP contribution is -2.37. The molecule has 130 valence electrons. The molecule has 7 nitrogen and oxygen atoms in total. The van der Waals surface area contributed by atoms with Crippen molar-refractivity contribution in [2.24, 2.45) is 0 Å². The first kappa shape index (κ1) is 16.9. The first-order valence-corrected chi connectivity index (χ1v) is 7.81. The highest BCUT2D eigenvalue weighted by Crippen LogP contribution is 2.44. The fraction of sp³-hybridized carbons (Fsp3) is 0.278. The number of esters is 1. The maximum atomic E-state index is 12.2. The maximum Gasteiger partial charge on any atom is 0.340 e. The summed E-state index contributed by atoms with van der Waals surface area (Å²) in [5.41, 5.74) is 0.286. The number of nitro benzene ring substituents is 1. The number of hydrogen-bond acceptors (Lipinski definition) is 6. The van der Waals surface area contributed by atoms with E-state index in [1.165, 1.54) is 19.2 Å². The molecule has 0 unspecified atom stereocenters. The van der Waals surface area contributed by atoms with E-state index in [1.807, 2.05) is 30.3 Å². The van der Waals surface area contributed by atoms with Crippen LogP contribution in [-0.4, -0.2) is 23.6 Å². The van der Waals surface area contributed by atoms with Gasteiger partial charge < -0.3 is 4.74 Å². The lowest BCUT2D eigenvalue weighted by atomic mass is 9.93. The summed E-state index contributed by atoms with van der Waals surface area (Å²) in [5.74, 6) is -0.485. The molecule has 1 heterocycles. The molecule has 7 heteroatoms. The minimum Gasteiger partial charge on any atom is -0.467 e. The SMILES string of the molecule is COC(=O)[C@]1(C)C[C@@H](c2cccc([N+](=O)[O-])c2)N(c2ccccc2)O1. The summed E-state index contributed by atoms with van der Waals surface area (Å²) in [5, 5.41) is 12.7. The van der Waals surface area contributed by atoms with Gasteiger partial charge in [-0.25, -0.2) is 9.86 Å². The molecule has 0 aromatic heterocycles. The van der Waals surface area contributed by atoms with Gasteiger partial charge in [0.25, 0.3) is 5.69 Å². The largest absolute Gasteiger partial charge is 0.467 e. The molecule has 0 N–H and O–H groups in total. The zero-order chi connectivity index (χ0) is 18.0. The molecule has 2 aromatic carbocycles. The third-order valence-electron chi connectivity index (χ3n) is 4.26. The number of anilines is 1. The Morgan fingerprint density at radius 2 is 2.00 bits per heavy atom. The van der Waals surface area contributed by atoms with Gasteiger partial charge in [0.05, 0.1) is 23.8 Å². The van der Waals surface area contributed by atoms with Crippen molar-refractivity contribution < 1.29 is 19.3 Å². The lowest BCUT2D eigenvalue weighted by molar-refractivity contribution is -0.384. The van der Waals surface area contributed by atoms with Crippen molar-refractivity contribution in [2.75, 3.05) is 12.2 Å². The van der Waals surface area contributed by atoms with Crippen LogP contribution in [0.5, 0.6) is 0 Å². The van der Waals surface area contributed by atoms with Crippen LogP contribution in [0, 0.1) is 10.1 Å². The van der Waals surface area contributed by atoms with E-state index < -0.39 is 16.5 Å². The van der Waals surface area contributed by atoms with Crippen molar-refractivity contribution >= 4 is 17.3 Å². The number of ether oxygens (including phenoxy) is 1. The second-order valence-corrected chi connectivity index (χ2v) is 6.05. The Bertz CT molecular complexity index is 795. The number of hydrogen-bond donors (Lipinski definition) is 0. The van der Waals surface area contributed by atoms with Crippen molar-refractivity contribution in [1.29, 1.82) is 0 Å². The molecule has 0 amide bonds. The van der Waals surface area contributed by atoms with Gasteiger partial charge in [-0.2, -0.15) is 0 Å². The molecule has 0 aliphatic carbocycles. The maximum absolute atomic E-state index is 12.2. The zero-order valence-corrected chi connectivity index (χ0v) is 13.9. The standard InChI is InChI=1S/C18H18N2O5/c1-18(17(21)24-2)12-16(13-7-6-10-15(11-13)20(22)23)19(25-18)14-8-4-3-5-9-14/h3-11,16H,12H2,1-2H3/t16-,18-/m0/s1. The van der Waals surface area contributed by atoms with Gasteiger partial charge in [0.15, 0.2) is 5.60 Å². The van der Waals surface area contributed by atoms with Crippen LogP contribution in [0.25, 0.3) is 0 Å². The van der Waals surface area contributed by atoms with Gasteiger partial charge >= 0.3 is 5.97 Å². The summed E-state index contributed by atoms with van der Waals surface area (Å²) in [6, 6.07) is 15.3. The van der Waals surface area contributed by atoms with Crippen molar-refractivity contribution in [3.05, 3.63) is 70.3 Å². The highest BCUT2D eigenvalue weighted by atomic mass is 16.7. The molecule has 2 aromatic rings. The number of nitrogens with zero attached hydrogens (tertiary/aromatic N) is 2. The molecule has 0 spiro atoms. The molecule has 25 heavy (non-hydrogen) atoms. The molecular weight excluding hydrogens is 324 g/mol. The summed E-state index contributed by atoms with van der Waals surface area (Å²) in [4.78, 5) is 28.8. The van der Waals surface area contributed by atoms with Gasteiger partial charge in [-0.15, -0.1) is 0 Å². The first-order chi connectivity index (χ1) is 11.9. The first-order valence-electron chi connectivity index (χ1n) is 7.81. The van der Waals surface area contributed by atoms with Crippen LogP contribution < -0.4 is 5.06 Å². The van der Waals surface area contributed by atoms with Crippen molar-refractivity contribution in [3.63, 3.8) is 0 Å². The number of hydroxylamine groups is 1. The molecule has 1 aliphatic rings. The number of benzene rings is 2. The average molecular weight is 342 g/mol. The van der Waals surface area contributed by atoms with E-state index in [1.54, 1.807) is 24.1 Å². The van der Waals surface area contributed by atoms with Gasteiger partial charge in [-0.3, -0.25) is 15.0 Å². The molecule has 1 fully saturated rings. The van der Waals surface area contributed by atoms with Gasteiger partial charge in [-0.1, -0.05) is 30.3 Å². The van der Waals surface area contributed by atoms with E-state index in [2.05, 4.69) is 0 Å². The second kappa shape index (κ2) is 6.52. The van der Waals surface area contributed by atoms with Crippen molar-refractivity contribution in [2.45, 2.75) is 25.0 Å². The zero-order valence-electron chi connectivity index (χ0n) is 13.9. The van der Waals surface area contributed by atoms with Crippen LogP contribution in [0.3, 0.4) is 0 Å². The van der Waals surface area contributed by atoms with E-state index >= 15 is 0 Å². The lowest BCUT2D eigenvalue weighted by Gasteiger charge is -2.26. The highest BCUT2D eigenvalue weighted by molar-refractivity contribution is 5.80. The third-order valence-corrected chi connectivity index (χ3v) is 4.26. The monoisotopic (exact) mass is 342 g/mol. The van der Waals surface area contributed by atoms with Gasteiger partial charge in [0, 0.05) is 18.6 Å². The Balaban J connectivity index is 2.03. The number of nitro groups is 1. The summed E-state index contributed by atoms with van der Waals surface area (Å²) in [7, 11) is 1.31. The Hall–Kier alpha value is -2.93. The molecule has 0 bridgehead atoms.